The molecule has 0 aliphatic rings. The molecule has 0 saturated heterocycles. The van der Waals surface area contributed by atoms with Gasteiger partial charge in [0, 0.05) is 23.8 Å². The number of methoxy groups -OCH3 is 2. The van der Waals surface area contributed by atoms with E-state index in [-0.39, 0.29) is 23.6 Å². The number of pyridine rings is 1. The quantitative estimate of drug-likeness (QED) is 0.162. The summed E-state index contributed by atoms with van der Waals surface area (Å²) in [7, 11) is -1.30. The van der Waals surface area contributed by atoms with E-state index < -0.39 is 28.1 Å². The van der Waals surface area contributed by atoms with E-state index in [9.17, 15) is 22.8 Å². The maximum absolute atomic E-state index is 12.9. The number of hydrogen-bond donors (Lipinski definition) is 4. The summed E-state index contributed by atoms with van der Waals surface area (Å²) in [4.78, 5) is 41.2. The van der Waals surface area contributed by atoms with Crippen LogP contribution in [0.5, 0.6) is 5.75 Å². The van der Waals surface area contributed by atoms with Crippen molar-refractivity contribution in [2.75, 3.05) is 30.2 Å². The number of aryl methyl sites for hydroxylation is 1. The topological polar surface area (TPSA) is 165 Å². The molecular formula is C32H33N5O7S. The number of para-hydroxylation sites is 1. The third-order valence-corrected chi connectivity index (χ3v) is 8.17. The van der Waals surface area contributed by atoms with Gasteiger partial charge >= 0.3 is 12.0 Å². The van der Waals surface area contributed by atoms with Crippen LogP contribution >= 0.6 is 0 Å². The van der Waals surface area contributed by atoms with Crippen LogP contribution in [-0.4, -0.2) is 45.5 Å². The number of carbonyl (C=O) groups is 3. The molecule has 1 unspecified atom stereocenters. The van der Waals surface area contributed by atoms with Crippen LogP contribution in [0.25, 0.3) is 0 Å². The van der Waals surface area contributed by atoms with Crippen molar-refractivity contribution in [3.8, 4) is 5.75 Å². The Balaban J connectivity index is 1.39. The monoisotopic (exact) mass is 631 g/mol. The zero-order valence-electron chi connectivity index (χ0n) is 24.9. The highest BCUT2D eigenvalue weighted by Gasteiger charge is 2.24. The molecule has 4 rings (SSSR count). The van der Waals surface area contributed by atoms with E-state index in [2.05, 4.69) is 25.7 Å². The molecule has 0 radical (unpaired) electrons. The summed E-state index contributed by atoms with van der Waals surface area (Å²) in [6, 6.07) is 20.4. The molecule has 234 valence electrons. The smallest absolute Gasteiger partial charge is 0.323 e. The Morgan fingerprint density at radius 1 is 0.867 bits per heavy atom. The molecule has 0 saturated carbocycles. The molecule has 13 heteroatoms. The summed E-state index contributed by atoms with van der Waals surface area (Å²) in [6.07, 6.45) is 2.43. The number of carbonyl (C=O) groups excluding carboxylic acids is 3. The van der Waals surface area contributed by atoms with Gasteiger partial charge < -0.3 is 25.4 Å². The number of nitrogens with one attached hydrogen (secondary N) is 4. The number of amides is 3. The molecule has 0 bridgehead atoms. The van der Waals surface area contributed by atoms with Crippen molar-refractivity contribution >= 4 is 45.0 Å². The number of urea groups is 1. The maximum Gasteiger partial charge on any atom is 0.323 e. The Kier molecular flexibility index (Phi) is 10.8. The van der Waals surface area contributed by atoms with Crippen molar-refractivity contribution in [2.24, 2.45) is 0 Å². The summed E-state index contributed by atoms with van der Waals surface area (Å²) < 4.78 is 38.5. The van der Waals surface area contributed by atoms with Gasteiger partial charge in [0.05, 0.1) is 38.8 Å². The predicted molar refractivity (Wildman–Crippen MR) is 170 cm³/mol. The standard InChI is InChI=1S/C32H33N5O7S/c1-21-7-4-5-9-26(21)35-32(40)36-27-15-10-22(17-29(27)43-2)18-30(38)34-24-13-11-23(12-14-24)28(19-31(39)44-3)37-45(41,42)25-8-6-16-33-20-25/h4-17,20,28,37H,18-19H2,1-3H3,(H,34,38)(H2,35,36,40). The first kappa shape index (κ1) is 32.6. The van der Waals surface area contributed by atoms with E-state index >= 15 is 0 Å². The van der Waals surface area contributed by atoms with Crippen LogP contribution in [0.4, 0.5) is 21.9 Å². The van der Waals surface area contributed by atoms with Crippen LogP contribution in [-0.2, 0) is 30.8 Å². The van der Waals surface area contributed by atoms with Gasteiger partial charge in [-0.3, -0.25) is 14.6 Å². The Hall–Kier alpha value is -5.27. The van der Waals surface area contributed by atoms with Crippen molar-refractivity contribution < 1.29 is 32.3 Å². The van der Waals surface area contributed by atoms with Gasteiger partial charge in [-0.15, -0.1) is 0 Å². The highest BCUT2D eigenvalue weighted by Crippen LogP contribution is 2.27. The average molecular weight is 632 g/mol. The number of hydrogen-bond acceptors (Lipinski definition) is 8. The molecule has 0 aliphatic carbocycles. The molecule has 3 amide bonds. The number of rotatable bonds is 12. The Bertz CT molecular complexity index is 1760. The number of nitrogens with zero attached hydrogens (tertiary/aromatic N) is 1. The van der Waals surface area contributed by atoms with E-state index in [1.807, 2.05) is 25.1 Å². The number of aromatic nitrogens is 1. The second-order valence-electron chi connectivity index (χ2n) is 9.92. The van der Waals surface area contributed by atoms with E-state index in [1.54, 1.807) is 48.5 Å². The lowest BCUT2D eigenvalue weighted by molar-refractivity contribution is -0.141. The van der Waals surface area contributed by atoms with Crippen LogP contribution in [0, 0.1) is 6.92 Å². The molecule has 0 fully saturated rings. The van der Waals surface area contributed by atoms with Crippen molar-refractivity contribution in [1.82, 2.24) is 9.71 Å². The minimum Gasteiger partial charge on any atom is -0.495 e. The third-order valence-electron chi connectivity index (χ3n) is 6.71. The van der Waals surface area contributed by atoms with Crippen LogP contribution in [0.1, 0.15) is 29.2 Å². The zero-order chi connectivity index (χ0) is 32.4. The number of benzene rings is 3. The fourth-order valence-corrected chi connectivity index (χ4v) is 5.55. The third kappa shape index (κ3) is 9.11. The van der Waals surface area contributed by atoms with Gasteiger partial charge in [0.1, 0.15) is 10.6 Å². The summed E-state index contributed by atoms with van der Waals surface area (Å²) in [5, 5.41) is 8.36. The van der Waals surface area contributed by atoms with E-state index in [0.29, 0.717) is 33.9 Å². The summed E-state index contributed by atoms with van der Waals surface area (Å²) >= 11 is 0. The van der Waals surface area contributed by atoms with Gasteiger partial charge in [-0.25, -0.2) is 17.9 Å². The van der Waals surface area contributed by atoms with Crippen LogP contribution in [0.15, 0.2) is 96.2 Å². The molecule has 3 aromatic carbocycles. The van der Waals surface area contributed by atoms with Gasteiger partial charge in [0.15, 0.2) is 0 Å². The molecule has 1 heterocycles. The van der Waals surface area contributed by atoms with Crippen molar-refractivity contribution in [1.29, 1.82) is 0 Å². The maximum atomic E-state index is 12.9. The predicted octanol–water partition coefficient (Wildman–Crippen LogP) is 4.81. The van der Waals surface area contributed by atoms with E-state index in [1.165, 1.54) is 38.7 Å². The van der Waals surface area contributed by atoms with Crippen molar-refractivity contribution in [2.45, 2.75) is 30.7 Å². The fourth-order valence-electron chi connectivity index (χ4n) is 4.37. The lowest BCUT2D eigenvalue weighted by atomic mass is 10.0. The minimum absolute atomic E-state index is 0.0175. The van der Waals surface area contributed by atoms with Crippen LogP contribution in [0.3, 0.4) is 0 Å². The molecular weight excluding hydrogens is 598 g/mol. The van der Waals surface area contributed by atoms with Crippen LogP contribution in [0.2, 0.25) is 0 Å². The zero-order valence-corrected chi connectivity index (χ0v) is 25.7. The van der Waals surface area contributed by atoms with Gasteiger partial charge in [0.25, 0.3) is 0 Å². The molecule has 4 N–H and O–H groups in total. The van der Waals surface area contributed by atoms with Crippen molar-refractivity contribution in [3.63, 3.8) is 0 Å². The first-order valence-corrected chi connectivity index (χ1v) is 15.3. The fraction of sp³-hybridized carbons (Fsp3) is 0.188. The number of ether oxygens (including phenoxy) is 2. The van der Waals surface area contributed by atoms with Gasteiger partial charge in [0.2, 0.25) is 15.9 Å². The second-order valence-corrected chi connectivity index (χ2v) is 11.6. The first-order chi connectivity index (χ1) is 21.6. The number of esters is 1. The first-order valence-electron chi connectivity index (χ1n) is 13.8. The molecule has 4 aromatic rings. The largest absolute Gasteiger partial charge is 0.495 e. The lowest BCUT2D eigenvalue weighted by Crippen LogP contribution is -2.30. The lowest BCUT2D eigenvalue weighted by Gasteiger charge is -2.19. The van der Waals surface area contributed by atoms with E-state index in [0.717, 1.165) is 5.56 Å². The van der Waals surface area contributed by atoms with E-state index in [4.69, 9.17) is 9.47 Å². The second kappa shape index (κ2) is 14.9. The van der Waals surface area contributed by atoms with Crippen LogP contribution < -0.4 is 25.4 Å². The normalized spacial score (nSPS) is 11.6. The average Bonchev–Trinajstić information content (AvgIpc) is 3.03. The molecule has 1 aromatic heterocycles. The van der Waals surface area contributed by atoms with Gasteiger partial charge in [-0.05, 0) is 66.1 Å². The Morgan fingerprint density at radius 3 is 2.27 bits per heavy atom. The molecule has 0 spiro atoms. The number of anilines is 3. The SMILES string of the molecule is COC(=O)CC(NS(=O)(=O)c1cccnc1)c1ccc(NC(=O)Cc2ccc(NC(=O)Nc3ccccc3C)c(OC)c2)cc1. The summed E-state index contributed by atoms with van der Waals surface area (Å²) in [5.74, 6) is -0.531. The molecule has 0 aliphatic heterocycles. The Morgan fingerprint density at radius 2 is 1.60 bits per heavy atom. The highest BCUT2D eigenvalue weighted by atomic mass is 32.2. The minimum atomic E-state index is -3.98. The van der Waals surface area contributed by atoms with Gasteiger partial charge in [-0.2, -0.15) is 0 Å². The van der Waals surface area contributed by atoms with Crippen molar-refractivity contribution in [3.05, 3.63) is 108 Å². The number of sulfonamides is 1. The Labute approximate surface area is 261 Å². The summed E-state index contributed by atoms with van der Waals surface area (Å²) in [5.41, 5.74) is 3.64. The summed E-state index contributed by atoms with van der Waals surface area (Å²) in [6.45, 7) is 1.89. The molecule has 45 heavy (non-hydrogen) atoms. The highest BCUT2D eigenvalue weighted by molar-refractivity contribution is 7.89. The molecule has 12 nitrogen and oxygen atoms in total. The molecule has 1 atom stereocenters. The van der Waals surface area contributed by atoms with Gasteiger partial charge in [-0.1, -0.05) is 36.4 Å².